The lowest BCUT2D eigenvalue weighted by Gasteiger charge is -2.27. The zero-order chi connectivity index (χ0) is 26.0. The number of hydrogen-bond acceptors (Lipinski definition) is 6. The van der Waals surface area contributed by atoms with E-state index in [1.165, 1.54) is 18.6 Å². The van der Waals surface area contributed by atoms with Crippen LogP contribution in [0.1, 0.15) is 44.1 Å². The van der Waals surface area contributed by atoms with Crippen molar-refractivity contribution in [3.8, 4) is 5.82 Å². The minimum absolute atomic E-state index is 0.0317. The topological polar surface area (TPSA) is 93.1 Å². The highest BCUT2D eigenvalue weighted by atomic mass is 19.1. The van der Waals surface area contributed by atoms with Crippen molar-refractivity contribution in [2.75, 3.05) is 30.9 Å². The van der Waals surface area contributed by atoms with Gasteiger partial charge < -0.3 is 25.3 Å². The molecule has 0 saturated heterocycles. The molecule has 198 valence electrons. The van der Waals surface area contributed by atoms with Crippen molar-refractivity contribution in [2.45, 2.75) is 51.1 Å². The second-order valence-electron chi connectivity index (χ2n) is 9.34. The molecule has 2 heterocycles. The SMILES string of the molecule is COCCNc1nc(NC(CC2CCCCC2)C(=O)NCc2ccc(F)cc2F)cc(-n2cccc2)n1. The maximum atomic E-state index is 14.1. The summed E-state index contributed by atoms with van der Waals surface area (Å²) in [4.78, 5) is 22.5. The smallest absolute Gasteiger partial charge is 0.242 e. The molecule has 8 nitrogen and oxygen atoms in total. The Labute approximate surface area is 215 Å². The molecule has 0 aliphatic heterocycles. The molecule has 0 bridgehead atoms. The lowest BCUT2D eigenvalue weighted by atomic mass is 9.84. The number of benzene rings is 1. The van der Waals surface area contributed by atoms with Crippen LogP contribution < -0.4 is 16.0 Å². The Balaban J connectivity index is 1.54. The molecule has 1 aliphatic rings. The number of nitrogens with one attached hydrogen (secondary N) is 3. The number of nitrogens with zero attached hydrogens (tertiary/aromatic N) is 3. The number of aromatic nitrogens is 3. The predicted octanol–water partition coefficient (Wildman–Crippen LogP) is 4.67. The number of anilines is 2. The molecule has 1 unspecified atom stereocenters. The summed E-state index contributed by atoms with van der Waals surface area (Å²) in [6.45, 7) is 0.989. The maximum absolute atomic E-state index is 14.1. The van der Waals surface area contributed by atoms with E-state index in [1.807, 2.05) is 29.1 Å². The Morgan fingerprint density at radius 3 is 2.65 bits per heavy atom. The molecule has 1 amide bonds. The van der Waals surface area contributed by atoms with Gasteiger partial charge in [-0.3, -0.25) is 4.79 Å². The number of hydrogen-bond donors (Lipinski definition) is 3. The highest BCUT2D eigenvalue weighted by Crippen LogP contribution is 2.28. The van der Waals surface area contributed by atoms with Gasteiger partial charge in [-0.1, -0.05) is 38.2 Å². The van der Waals surface area contributed by atoms with E-state index in [4.69, 9.17) is 4.74 Å². The zero-order valence-corrected chi connectivity index (χ0v) is 21.1. The van der Waals surface area contributed by atoms with Crippen molar-refractivity contribution in [3.05, 3.63) is 66.0 Å². The van der Waals surface area contributed by atoms with E-state index >= 15 is 0 Å². The van der Waals surface area contributed by atoms with Gasteiger partial charge in [0.2, 0.25) is 11.9 Å². The molecule has 1 aliphatic carbocycles. The zero-order valence-electron chi connectivity index (χ0n) is 21.1. The fraction of sp³-hybridized carbons (Fsp3) is 0.444. The number of rotatable bonds is 12. The summed E-state index contributed by atoms with van der Waals surface area (Å²) >= 11 is 0. The van der Waals surface area contributed by atoms with Crippen molar-refractivity contribution in [2.24, 2.45) is 5.92 Å². The van der Waals surface area contributed by atoms with E-state index in [0.29, 0.717) is 43.1 Å². The highest BCUT2D eigenvalue weighted by molar-refractivity contribution is 5.84. The Hall–Kier alpha value is -3.53. The Morgan fingerprint density at radius 1 is 1.14 bits per heavy atom. The van der Waals surface area contributed by atoms with Crippen LogP contribution >= 0.6 is 0 Å². The van der Waals surface area contributed by atoms with Crippen molar-refractivity contribution < 1.29 is 18.3 Å². The number of carbonyl (C=O) groups excluding carboxylic acids is 1. The number of amides is 1. The number of halogens is 2. The molecule has 0 radical (unpaired) electrons. The highest BCUT2D eigenvalue weighted by Gasteiger charge is 2.25. The van der Waals surface area contributed by atoms with Crippen LogP contribution in [0.2, 0.25) is 0 Å². The largest absolute Gasteiger partial charge is 0.383 e. The van der Waals surface area contributed by atoms with Crippen LogP contribution in [-0.2, 0) is 16.1 Å². The second kappa shape index (κ2) is 13.1. The molecule has 37 heavy (non-hydrogen) atoms. The van der Waals surface area contributed by atoms with E-state index in [2.05, 4.69) is 25.9 Å². The lowest BCUT2D eigenvalue weighted by Crippen LogP contribution is -2.41. The molecule has 2 aromatic heterocycles. The maximum Gasteiger partial charge on any atom is 0.242 e. The lowest BCUT2D eigenvalue weighted by molar-refractivity contribution is -0.122. The van der Waals surface area contributed by atoms with Crippen molar-refractivity contribution in [1.29, 1.82) is 0 Å². The fourth-order valence-electron chi connectivity index (χ4n) is 4.61. The number of methoxy groups -OCH3 is 1. The van der Waals surface area contributed by atoms with Crippen LogP contribution in [0, 0.1) is 17.6 Å². The van der Waals surface area contributed by atoms with Crippen LogP contribution in [0.25, 0.3) is 5.82 Å². The van der Waals surface area contributed by atoms with Gasteiger partial charge in [0.05, 0.1) is 6.61 Å². The van der Waals surface area contributed by atoms with Gasteiger partial charge in [-0.15, -0.1) is 0 Å². The number of carbonyl (C=O) groups is 1. The van der Waals surface area contributed by atoms with E-state index < -0.39 is 17.7 Å². The van der Waals surface area contributed by atoms with Gasteiger partial charge >= 0.3 is 0 Å². The molecule has 1 aromatic carbocycles. The number of ether oxygens (including phenoxy) is 1. The summed E-state index contributed by atoms with van der Waals surface area (Å²) in [7, 11) is 1.62. The second-order valence-corrected chi connectivity index (χ2v) is 9.34. The quantitative estimate of drug-likeness (QED) is 0.306. The molecular formula is C27H34F2N6O2. The van der Waals surface area contributed by atoms with Gasteiger partial charge in [0, 0.05) is 50.3 Å². The predicted molar refractivity (Wildman–Crippen MR) is 139 cm³/mol. The normalized spacial score (nSPS) is 14.8. The minimum Gasteiger partial charge on any atom is -0.383 e. The molecule has 10 heteroatoms. The molecule has 1 fully saturated rings. The van der Waals surface area contributed by atoms with Gasteiger partial charge in [0.25, 0.3) is 0 Å². The first kappa shape index (κ1) is 26.5. The molecule has 3 N–H and O–H groups in total. The first-order chi connectivity index (χ1) is 18.0. The summed E-state index contributed by atoms with van der Waals surface area (Å²) in [5.41, 5.74) is 0.229. The summed E-state index contributed by atoms with van der Waals surface area (Å²) in [6, 6.07) is 8.38. The fourth-order valence-corrected chi connectivity index (χ4v) is 4.61. The van der Waals surface area contributed by atoms with Gasteiger partial charge in [-0.05, 0) is 30.5 Å². The van der Waals surface area contributed by atoms with Gasteiger partial charge in [0.15, 0.2) is 0 Å². The third-order valence-electron chi connectivity index (χ3n) is 6.57. The standard InChI is InChI=1S/C27H34F2N6O2/c1-37-14-11-30-27-33-24(17-25(34-27)35-12-5-6-13-35)32-23(15-19-7-3-2-4-8-19)26(36)31-18-20-9-10-21(28)16-22(20)29/h5-6,9-10,12-13,16-17,19,23H,2-4,7-8,11,14-15,18H2,1H3,(H,31,36)(H2,30,32,33,34). The van der Waals surface area contributed by atoms with Crippen molar-refractivity contribution in [3.63, 3.8) is 0 Å². The van der Waals surface area contributed by atoms with E-state index in [0.717, 1.165) is 31.7 Å². The van der Waals surface area contributed by atoms with Crippen molar-refractivity contribution >= 4 is 17.7 Å². The monoisotopic (exact) mass is 512 g/mol. The minimum atomic E-state index is -0.684. The van der Waals surface area contributed by atoms with Gasteiger partial charge in [-0.25, -0.2) is 8.78 Å². The van der Waals surface area contributed by atoms with E-state index in [1.54, 1.807) is 13.2 Å². The van der Waals surface area contributed by atoms with Crippen molar-refractivity contribution in [1.82, 2.24) is 19.9 Å². The molecular weight excluding hydrogens is 478 g/mol. The van der Waals surface area contributed by atoms with Crippen LogP contribution in [0.3, 0.4) is 0 Å². The Bertz CT molecular complexity index is 1150. The summed E-state index contributed by atoms with van der Waals surface area (Å²) in [5.74, 6) is 0.373. The first-order valence-electron chi connectivity index (χ1n) is 12.7. The third-order valence-corrected chi connectivity index (χ3v) is 6.57. The molecule has 3 aromatic rings. The summed E-state index contributed by atoms with van der Waals surface area (Å²) < 4.78 is 34.4. The molecule has 4 rings (SSSR count). The average Bonchev–Trinajstić information content (AvgIpc) is 3.44. The summed E-state index contributed by atoms with van der Waals surface area (Å²) in [5, 5.41) is 9.30. The molecule has 1 saturated carbocycles. The Kier molecular flexibility index (Phi) is 9.42. The van der Waals surface area contributed by atoms with E-state index in [-0.39, 0.29) is 18.0 Å². The van der Waals surface area contributed by atoms with Gasteiger partial charge in [-0.2, -0.15) is 9.97 Å². The van der Waals surface area contributed by atoms with Gasteiger partial charge in [0.1, 0.15) is 29.3 Å². The summed E-state index contributed by atoms with van der Waals surface area (Å²) in [6.07, 6.45) is 10.1. The van der Waals surface area contributed by atoms with E-state index in [9.17, 15) is 13.6 Å². The third kappa shape index (κ3) is 7.72. The first-order valence-corrected chi connectivity index (χ1v) is 12.7. The molecule has 1 atom stereocenters. The Morgan fingerprint density at radius 2 is 1.92 bits per heavy atom. The average molecular weight is 513 g/mol. The van der Waals surface area contributed by atoms with Crippen LogP contribution in [0.4, 0.5) is 20.5 Å². The van der Waals surface area contributed by atoms with Crippen LogP contribution in [0.15, 0.2) is 48.8 Å². The van der Waals surface area contributed by atoms with Crippen LogP contribution in [-0.4, -0.2) is 46.7 Å². The van der Waals surface area contributed by atoms with Crippen LogP contribution in [0.5, 0.6) is 0 Å². The molecule has 0 spiro atoms.